The van der Waals surface area contributed by atoms with Crippen LogP contribution in [0.15, 0.2) is 67.0 Å². The molecule has 2 atom stereocenters. The van der Waals surface area contributed by atoms with Crippen LogP contribution in [0.1, 0.15) is 29.3 Å². The third-order valence-electron chi connectivity index (χ3n) is 4.58. The highest BCUT2D eigenvalue weighted by Gasteiger charge is 2.17. The number of hydrogen-bond acceptors (Lipinski definition) is 4. The summed E-state index contributed by atoms with van der Waals surface area (Å²) in [5, 5.41) is 14.1. The summed E-state index contributed by atoms with van der Waals surface area (Å²) in [6.07, 6.45) is 12.4. The van der Waals surface area contributed by atoms with Gasteiger partial charge in [0.15, 0.2) is 5.78 Å². The van der Waals surface area contributed by atoms with Crippen molar-refractivity contribution < 1.29 is 9.90 Å². The van der Waals surface area contributed by atoms with Crippen molar-refractivity contribution in [2.75, 3.05) is 13.1 Å². The van der Waals surface area contributed by atoms with Gasteiger partial charge in [0.05, 0.1) is 24.4 Å². The Morgan fingerprint density at radius 1 is 1.33 bits per heavy atom. The van der Waals surface area contributed by atoms with E-state index in [0.29, 0.717) is 24.6 Å². The average Bonchev–Trinajstić information content (AvgIpc) is 3.11. The van der Waals surface area contributed by atoms with Crippen molar-refractivity contribution in [2.24, 2.45) is 5.92 Å². The van der Waals surface area contributed by atoms with Gasteiger partial charge in [0.25, 0.3) is 0 Å². The Hall–Kier alpha value is -2.50. The quantitative estimate of drug-likeness (QED) is 0.694. The summed E-state index contributed by atoms with van der Waals surface area (Å²) in [7, 11) is 0. The predicted octanol–water partition coefficient (Wildman–Crippen LogP) is 3.08. The van der Waals surface area contributed by atoms with Crippen LogP contribution in [0.4, 0.5) is 0 Å². The number of aliphatic hydroxyl groups excluding tert-OH is 1. The maximum absolute atomic E-state index is 12.7. The van der Waals surface area contributed by atoms with Crippen LogP contribution < -0.4 is 0 Å². The maximum Gasteiger partial charge on any atom is 0.179 e. The number of hydrogen-bond donors (Lipinski definition) is 1. The van der Waals surface area contributed by atoms with Crippen molar-refractivity contribution in [3.63, 3.8) is 0 Å². The topological polar surface area (TPSA) is 58.4 Å². The number of carbonyl (C=O) groups excluding carboxylic acids is 1. The predicted molar refractivity (Wildman–Crippen MR) is 106 cm³/mol. The third-order valence-corrected chi connectivity index (χ3v) is 4.58. The lowest BCUT2D eigenvalue weighted by molar-refractivity contribution is 0.0850. The Morgan fingerprint density at radius 3 is 2.85 bits per heavy atom. The maximum atomic E-state index is 12.7. The van der Waals surface area contributed by atoms with Crippen LogP contribution in [0.2, 0.25) is 0 Å². The Labute approximate surface area is 160 Å². The molecule has 0 aliphatic heterocycles. The molecular weight excluding hydrogens is 338 g/mol. The normalized spacial score (nSPS) is 17.4. The molecule has 0 amide bonds. The smallest absolute Gasteiger partial charge is 0.179 e. The fourth-order valence-corrected chi connectivity index (χ4v) is 3.31. The Morgan fingerprint density at radius 2 is 2.15 bits per heavy atom. The largest absolute Gasteiger partial charge is 0.392 e. The zero-order chi connectivity index (χ0) is 19.1. The van der Waals surface area contributed by atoms with Gasteiger partial charge in [-0.2, -0.15) is 5.10 Å². The number of allylic oxidation sites excluding steroid dienone is 4. The van der Waals surface area contributed by atoms with Crippen molar-refractivity contribution in [1.82, 2.24) is 14.7 Å². The first-order valence-corrected chi connectivity index (χ1v) is 9.43. The number of aromatic nitrogens is 2. The van der Waals surface area contributed by atoms with E-state index in [9.17, 15) is 9.90 Å². The first-order valence-electron chi connectivity index (χ1n) is 9.43. The van der Waals surface area contributed by atoms with Gasteiger partial charge in [-0.25, -0.2) is 0 Å². The van der Waals surface area contributed by atoms with Crippen molar-refractivity contribution in [3.8, 4) is 0 Å². The summed E-state index contributed by atoms with van der Waals surface area (Å²) < 4.78 is 1.84. The van der Waals surface area contributed by atoms with Crippen molar-refractivity contribution >= 4 is 5.78 Å². The van der Waals surface area contributed by atoms with Gasteiger partial charge in [0, 0.05) is 31.7 Å². The van der Waals surface area contributed by atoms with Crippen molar-refractivity contribution in [3.05, 3.63) is 78.2 Å². The van der Waals surface area contributed by atoms with Crippen LogP contribution in [-0.2, 0) is 13.1 Å². The van der Waals surface area contributed by atoms with Crippen LogP contribution >= 0.6 is 0 Å². The Balaban J connectivity index is 1.61. The fourth-order valence-electron chi connectivity index (χ4n) is 3.31. The molecular formula is C22H27N3O2. The number of carbonyl (C=O) groups is 1. The monoisotopic (exact) mass is 365 g/mol. The number of nitrogens with zero attached hydrogens (tertiary/aromatic N) is 3. The summed E-state index contributed by atoms with van der Waals surface area (Å²) in [4.78, 5) is 14.7. The van der Waals surface area contributed by atoms with Crippen LogP contribution in [0, 0.1) is 5.92 Å². The number of rotatable bonds is 9. The highest BCUT2D eigenvalue weighted by molar-refractivity contribution is 5.97. The molecule has 5 heteroatoms. The van der Waals surface area contributed by atoms with E-state index in [-0.39, 0.29) is 12.3 Å². The summed E-state index contributed by atoms with van der Waals surface area (Å²) in [5.74, 6) is 0.444. The molecule has 1 heterocycles. The first kappa shape index (κ1) is 19.3. The van der Waals surface area contributed by atoms with Gasteiger partial charge in [0.2, 0.25) is 0 Å². The van der Waals surface area contributed by atoms with Gasteiger partial charge < -0.3 is 5.11 Å². The van der Waals surface area contributed by atoms with Gasteiger partial charge in [-0.3, -0.25) is 14.4 Å². The zero-order valence-electron chi connectivity index (χ0n) is 15.7. The number of ketones is 1. The lowest BCUT2D eigenvalue weighted by Gasteiger charge is -2.22. The second-order valence-electron chi connectivity index (χ2n) is 7.19. The van der Waals surface area contributed by atoms with Crippen LogP contribution in [-0.4, -0.2) is 44.8 Å². The second-order valence-corrected chi connectivity index (χ2v) is 7.19. The molecule has 142 valence electrons. The van der Waals surface area contributed by atoms with Crippen LogP contribution in [0.3, 0.4) is 0 Å². The Bertz CT molecular complexity index is 793. The SMILES string of the molecule is CC(O)CN(CC(=O)c1cnn(CC2C=CC=CC2)c1)Cc1ccccc1. The molecule has 3 rings (SSSR count). The molecule has 2 unspecified atom stereocenters. The summed E-state index contributed by atoms with van der Waals surface area (Å²) >= 11 is 0. The first-order chi connectivity index (χ1) is 13.1. The van der Waals surface area contributed by atoms with E-state index in [2.05, 4.69) is 29.4 Å². The van der Waals surface area contributed by atoms with E-state index in [0.717, 1.165) is 18.5 Å². The Kier molecular flexibility index (Phi) is 6.74. The molecule has 1 aromatic carbocycles. The fraction of sp³-hybridized carbons (Fsp3) is 0.364. The molecule has 0 saturated heterocycles. The summed E-state index contributed by atoms with van der Waals surface area (Å²) in [6, 6.07) is 10.00. The minimum Gasteiger partial charge on any atom is -0.392 e. The molecule has 1 N–H and O–H groups in total. The number of Topliss-reactive ketones (excluding diaryl/α,β-unsaturated/α-hetero) is 1. The van der Waals surface area contributed by atoms with Crippen LogP contribution in [0.5, 0.6) is 0 Å². The van der Waals surface area contributed by atoms with E-state index in [1.807, 2.05) is 46.1 Å². The number of benzene rings is 1. The van der Waals surface area contributed by atoms with E-state index >= 15 is 0 Å². The molecule has 1 aliphatic carbocycles. The molecule has 1 aliphatic rings. The lowest BCUT2D eigenvalue weighted by atomic mass is 10.0. The molecule has 0 bridgehead atoms. The van der Waals surface area contributed by atoms with Crippen molar-refractivity contribution in [2.45, 2.75) is 32.5 Å². The highest BCUT2D eigenvalue weighted by atomic mass is 16.3. The van der Waals surface area contributed by atoms with E-state index in [1.165, 1.54) is 0 Å². The second kappa shape index (κ2) is 9.44. The average molecular weight is 365 g/mol. The summed E-state index contributed by atoms with van der Waals surface area (Å²) in [5.41, 5.74) is 1.74. The van der Waals surface area contributed by atoms with E-state index in [4.69, 9.17) is 0 Å². The van der Waals surface area contributed by atoms with Gasteiger partial charge >= 0.3 is 0 Å². The van der Waals surface area contributed by atoms with Gasteiger partial charge in [-0.1, -0.05) is 54.6 Å². The highest BCUT2D eigenvalue weighted by Crippen LogP contribution is 2.14. The van der Waals surface area contributed by atoms with E-state index in [1.54, 1.807) is 13.1 Å². The molecule has 0 spiro atoms. The third kappa shape index (κ3) is 6.01. The number of aliphatic hydroxyl groups is 1. The molecule has 27 heavy (non-hydrogen) atoms. The molecule has 0 radical (unpaired) electrons. The molecule has 1 aromatic heterocycles. The minimum absolute atomic E-state index is 0.0249. The molecule has 0 fully saturated rings. The van der Waals surface area contributed by atoms with Gasteiger partial charge in [-0.05, 0) is 18.9 Å². The van der Waals surface area contributed by atoms with Gasteiger partial charge in [-0.15, -0.1) is 0 Å². The van der Waals surface area contributed by atoms with Gasteiger partial charge in [0.1, 0.15) is 0 Å². The zero-order valence-corrected chi connectivity index (χ0v) is 15.7. The molecule has 0 saturated carbocycles. The standard InChI is InChI=1S/C22H27N3O2/c1-18(26)13-24(14-19-8-4-2-5-9-19)17-22(27)21-12-23-25(16-21)15-20-10-6-3-7-11-20/h2-10,12,16,18,20,26H,11,13-15,17H2,1H3. The van der Waals surface area contributed by atoms with Crippen molar-refractivity contribution in [1.29, 1.82) is 0 Å². The minimum atomic E-state index is -0.490. The molecule has 2 aromatic rings. The molecule has 5 nitrogen and oxygen atoms in total. The van der Waals surface area contributed by atoms with Crippen LogP contribution in [0.25, 0.3) is 0 Å². The lowest BCUT2D eigenvalue weighted by Crippen LogP contribution is -2.35. The van der Waals surface area contributed by atoms with E-state index < -0.39 is 6.10 Å². The summed E-state index contributed by atoms with van der Waals surface area (Å²) in [6.45, 7) is 3.86.